The van der Waals surface area contributed by atoms with Crippen LogP contribution in [0.25, 0.3) is 0 Å². The number of benzene rings is 1. The largest absolute Gasteiger partial charge is 0.493 e. The Bertz CT molecular complexity index is 428. The number of nitrogens with one attached hydrogen (secondary N) is 1. The SMILES string of the molecule is COc1ccc(Cl)c(C2CCCNC2)c1OC(C)C. The molecule has 1 saturated heterocycles. The second-order valence-electron chi connectivity index (χ2n) is 5.20. The Labute approximate surface area is 120 Å². The number of hydrogen-bond acceptors (Lipinski definition) is 3. The van der Waals surface area contributed by atoms with E-state index in [1.54, 1.807) is 7.11 Å². The third-order valence-electron chi connectivity index (χ3n) is 3.39. The quantitative estimate of drug-likeness (QED) is 0.916. The van der Waals surface area contributed by atoms with Crippen molar-refractivity contribution in [2.24, 2.45) is 0 Å². The average molecular weight is 284 g/mol. The summed E-state index contributed by atoms with van der Waals surface area (Å²) < 4.78 is 11.4. The molecule has 1 N–H and O–H groups in total. The van der Waals surface area contributed by atoms with Gasteiger partial charge >= 0.3 is 0 Å². The summed E-state index contributed by atoms with van der Waals surface area (Å²) in [7, 11) is 1.67. The fraction of sp³-hybridized carbons (Fsp3) is 0.600. The highest BCUT2D eigenvalue weighted by Crippen LogP contribution is 2.42. The van der Waals surface area contributed by atoms with E-state index in [1.165, 1.54) is 6.42 Å². The van der Waals surface area contributed by atoms with Crippen molar-refractivity contribution in [2.45, 2.75) is 38.7 Å². The second kappa shape index (κ2) is 6.49. The fourth-order valence-electron chi connectivity index (χ4n) is 2.55. The molecule has 1 unspecified atom stereocenters. The van der Waals surface area contributed by atoms with Gasteiger partial charge in [-0.2, -0.15) is 0 Å². The lowest BCUT2D eigenvalue weighted by Gasteiger charge is -2.27. The molecule has 1 aliphatic rings. The van der Waals surface area contributed by atoms with Crippen molar-refractivity contribution in [3.63, 3.8) is 0 Å². The van der Waals surface area contributed by atoms with Crippen LogP contribution in [0.4, 0.5) is 0 Å². The van der Waals surface area contributed by atoms with Crippen LogP contribution in [0.5, 0.6) is 11.5 Å². The molecule has 4 heteroatoms. The summed E-state index contributed by atoms with van der Waals surface area (Å²) in [6, 6.07) is 3.78. The van der Waals surface area contributed by atoms with Crippen LogP contribution in [0.1, 0.15) is 38.2 Å². The number of rotatable bonds is 4. The predicted molar refractivity (Wildman–Crippen MR) is 78.6 cm³/mol. The summed E-state index contributed by atoms with van der Waals surface area (Å²) in [5, 5.41) is 4.19. The third kappa shape index (κ3) is 3.34. The molecule has 1 heterocycles. The third-order valence-corrected chi connectivity index (χ3v) is 3.71. The van der Waals surface area contributed by atoms with Crippen LogP contribution in [-0.2, 0) is 0 Å². The van der Waals surface area contributed by atoms with Gasteiger partial charge in [0.15, 0.2) is 11.5 Å². The van der Waals surface area contributed by atoms with Crippen LogP contribution in [0.3, 0.4) is 0 Å². The minimum absolute atomic E-state index is 0.0997. The van der Waals surface area contributed by atoms with Gasteiger partial charge in [-0.05, 0) is 45.4 Å². The van der Waals surface area contributed by atoms with Crippen molar-refractivity contribution >= 4 is 11.6 Å². The van der Waals surface area contributed by atoms with E-state index in [1.807, 2.05) is 26.0 Å². The number of ether oxygens (including phenoxy) is 2. The molecule has 1 aromatic rings. The minimum atomic E-state index is 0.0997. The van der Waals surface area contributed by atoms with E-state index in [2.05, 4.69) is 5.32 Å². The van der Waals surface area contributed by atoms with Crippen molar-refractivity contribution in [3.05, 3.63) is 22.7 Å². The molecule has 0 amide bonds. The zero-order chi connectivity index (χ0) is 13.8. The summed E-state index contributed by atoms with van der Waals surface area (Å²) >= 11 is 6.41. The van der Waals surface area contributed by atoms with E-state index in [9.17, 15) is 0 Å². The molecule has 1 fully saturated rings. The van der Waals surface area contributed by atoms with Gasteiger partial charge in [0.25, 0.3) is 0 Å². The first-order chi connectivity index (χ1) is 9.13. The van der Waals surface area contributed by atoms with Gasteiger partial charge in [0.1, 0.15) is 0 Å². The zero-order valence-electron chi connectivity index (χ0n) is 11.8. The molecule has 0 aromatic heterocycles. The Morgan fingerprint density at radius 3 is 2.74 bits per heavy atom. The summed E-state index contributed by atoms with van der Waals surface area (Å²) in [6.45, 7) is 6.06. The molecule has 0 spiro atoms. The van der Waals surface area contributed by atoms with E-state index < -0.39 is 0 Å². The molecular weight excluding hydrogens is 262 g/mol. The average Bonchev–Trinajstić information content (AvgIpc) is 2.39. The van der Waals surface area contributed by atoms with Crippen molar-refractivity contribution in [2.75, 3.05) is 20.2 Å². The molecule has 3 nitrogen and oxygen atoms in total. The number of hydrogen-bond donors (Lipinski definition) is 1. The van der Waals surface area contributed by atoms with Gasteiger partial charge in [-0.25, -0.2) is 0 Å². The predicted octanol–water partition coefficient (Wildman–Crippen LogP) is 3.60. The monoisotopic (exact) mass is 283 g/mol. The highest BCUT2D eigenvalue weighted by atomic mass is 35.5. The number of piperidine rings is 1. The van der Waals surface area contributed by atoms with Gasteiger partial charge in [-0.1, -0.05) is 11.6 Å². The van der Waals surface area contributed by atoms with Gasteiger partial charge in [0.2, 0.25) is 0 Å². The minimum Gasteiger partial charge on any atom is -0.493 e. The Morgan fingerprint density at radius 1 is 1.37 bits per heavy atom. The first kappa shape index (κ1) is 14.5. The van der Waals surface area contributed by atoms with Gasteiger partial charge in [-0.3, -0.25) is 0 Å². The normalized spacial score (nSPS) is 19.5. The van der Waals surface area contributed by atoms with Crippen molar-refractivity contribution < 1.29 is 9.47 Å². The Balaban J connectivity index is 2.42. The Kier molecular flexibility index (Phi) is 4.94. The summed E-state index contributed by atoms with van der Waals surface area (Å²) in [6.07, 6.45) is 2.40. The molecule has 1 atom stereocenters. The van der Waals surface area contributed by atoms with Gasteiger partial charge in [0, 0.05) is 23.0 Å². The van der Waals surface area contributed by atoms with E-state index in [0.717, 1.165) is 41.6 Å². The van der Waals surface area contributed by atoms with Gasteiger partial charge in [0.05, 0.1) is 13.2 Å². The van der Waals surface area contributed by atoms with Gasteiger partial charge < -0.3 is 14.8 Å². The molecule has 1 aliphatic heterocycles. The maximum absolute atomic E-state index is 6.41. The van der Waals surface area contributed by atoms with Gasteiger partial charge in [-0.15, -0.1) is 0 Å². The highest BCUT2D eigenvalue weighted by molar-refractivity contribution is 6.31. The first-order valence-corrected chi connectivity index (χ1v) is 7.25. The molecule has 2 rings (SSSR count). The van der Waals surface area contributed by atoms with Crippen LogP contribution < -0.4 is 14.8 Å². The molecule has 1 aromatic carbocycles. The van der Waals surface area contributed by atoms with Crippen molar-refractivity contribution in [1.82, 2.24) is 5.32 Å². The molecule has 0 radical (unpaired) electrons. The van der Waals surface area contributed by atoms with E-state index in [4.69, 9.17) is 21.1 Å². The molecular formula is C15H22ClNO2. The maximum Gasteiger partial charge on any atom is 0.166 e. The standard InChI is InChI=1S/C15H22ClNO2/c1-10(2)19-15-13(18-3)7-6-12(16)14(15)11-5-4-8-17-9-11/h6-7,10-11,17H,4-5,8-9H2,1-3H3. The maximum atomic E-state index is 6.41. The highest BCUT2D eigenvalue weighted by Gasteiger charge is 2.25. The fourth-order valence-corrected chi connectivity index (χ4v) is 2.86. The van der Waals surface area contributed by atoms with E-state index >= 15 is 0 Å². The molecule has 0 bridgehead atoms. The van der Waals surface area contributed by atoms with Crippen LogP contribution in [0.15, 0.2) is 12.1 Å². The second-order valence-corrected chi connectivity index (χ2v) is 5.61. The lowest BCUT2D eigenvalue weighted by Crippen LogP contribution is -2.29. The summed E-state index contributed by atoms with van der Waals surface area (Å²) in [5.41, 5.74) is 1.09. The van der Waals surface area contributed by atoms with E-state index in [0.29, 0.717) is 5.92 Å². The molecule has 19 heavy (non-hydrogen) atoms. The lowest BCUT2D eigenvalue weighted by atomic mass is 9.90. The molecule has 0 aliphatic carbocycles. The van der Waals surface area contributed by atoms with E-state index in [-0.39, 0.29) is 6.10 Å². The first-order valence-electron chi connectivity index (χ1n) is 6.87. The van der Waals surface area contributed by atoms with Crippen molar-refractivity contribution in [1.29, 1.82) is 0 Å². The van der Waals surface area contributed by atoms with Crippen LogP contribution in [0, 0.1) is 0 Å². The Morgan fingerprint density at radius 2 is 2.16 bits per heavy atom. The van der Waals surface area contributed by atoms with Crippen LogP contribution in [-0.4, -0.2) is 26.3 Å². The smallest absolute Gasteiger partial charge is 0.166 e. The topological polar surface area (TPSA) is 30.5 Å². The number of halogens is 1. The molecule has 106 valence electrons. The zero-order valence-corrected chi connectivity index (χ0v) is 12.6. The number of methoxy groups -OCH3 is 1. The van der Waals surface area contributed by atoms with Crippen LogP contribution >= 0.6 is 11.6 Å². The lowest BCUT2D eigenvalue weighted by molar-refractivity contribution is 0.225. The summed E-state index contributed by atoms with van der Waals surface area (Å²) in [4.78, 5) is 0. The van der Waals surface area contributed by atoms with Crippen LogP contribution in [0.2, 0.25) is 5.02 Å². The Hall–Kier alpha value is -0.930. The molecule has 0 saturated carbocycles. The van der Waals surface area contributed by atoms with Crippen molar-refractivity contribution in [3.8, 4) is 11.5 Å². The summed E-state index contributed by atoms with van der Waals surface area (Å²) in [5.74, 6) is 1.96.